The van der Waals surface area contributed by atoms with Gasteiger partial charge in [0, 0.05) is 29.7 Å². The molecule has 1 aromatic heterocycles. The predicted octanol–water partition coefficient (Wildman–Crippen LogP) is 4.29. The van der Waals surface area contributed by atoms with Crippen molar-refractivity contribution in [2.45, 2.75) is 0 Å². The van der Waals surface area contributed by atoms with Gasteiger partial charge in [-0.05, 0) is 54.2 Å². The quantitative estimate of drug-likeness (QED) is 0.377. The van der Waals surface area contributed by atoms with Gasteiger partial charge in [-0.25, -0.2) is 4.99 Å². The number of para-hydroxylation sites is 2. The molecule has 0 saturated carbocycles. The van der Waals surface area contributed by atoms with Gasteiger partial charge in [-0.15, -0.1) is 0 Å². The number of hydrogen-bond acceptors (Lipinski definition) is 6. The largest absolute Gasteiger partial charge is 0.494 e. The molecule has 2 aromatic carbocycles. The molecule has 1 fully saturated rings. The van der Waals surface area contributed by atoms with Gasteiger partial charge in [-0.3, -0.25) is 14.9 Å². The topological polar surface area (TPSA) is 98.8 Å². The van der Waals surface area contributed by atoms with Crippen molar-refractivity contribution in [2.24, 2.45) is 4.99 Å². The molecule has 0 radical (unpaired) electrons. The number of amidine groups is 1. The maximum atomic E-state index is 12.4. The minimum atomic E-state index is -0.440. The van der Waals surface area contributed by atoms with Crippen molar-refractivity contribution in [1.29, 1.82) is 0 Å². The van der Waals surface area contributed by atoms with Gasteiger partial charge >= 0.3 is 0 Å². The zero-order valence-electron chi connectivity index (χ0n) is 15.8. The van der Waals surface area contributed by atoms with E-state index in [4.69, 9.17) is 4.74 Å². The van der Waals surface area contributed by atoms with E-state index in [-0.39, 0.29) is 11.6 Å². The summed E-state index contributed by atoms with van der Waals surface area (Å²) in [5.74, 6) is 0.370. The van der Waals surface area contributed by atoms with Gasteiger partial charge in [-0.2, -0.15) is 0 Å². The van der Waals surface area contributed by atoms with Crippen LogP contribution in [0.2, 0.25) is 0 Å². The minimum Gasteiger partial charge on any atom is -0.494 e. The van der Waals surface area contributed by atoms with E-state index in [0.29, 0.717) is 21.5 Å². The first-order chi connectivity index (χ1) is 14.5. The van der Waals surface area contributed by atoms with Crippen LogP contribution in [0.4, 0.5) is 11.4 Å². The summed E-state index contributed by atoms with van der Waals surface area (Å²) in [7, 11) is 1.57. The van der Waals surface area contributed by atoms with Gasteiger partial charge in [0.15, 0.2) is 5.17 Å². The van der Waals surface area contributed by atoms with E-state index in [1.807, 2.05) is 35.0 Å². The smallest absolute Gasteiger partial charge is 0.269 e. The standard InChI is InChI=1S/C21H16N4O4S/c1-29-18-7-3-2-6-17(18)22-21-23-20(26)19(30-21)13-16-5-4-12-24(16)14-8-10-15(11-9-14)25(27)28/h2-13H,1H3,(H,22,23,26)/b19-13-. The fourth-order valence-corrected chi connectivity index (χ4v) is 3.75. The van der Waals surface area contributed by atoms with E-state index in [9.17, 15) is 14.9 Å². The van der Waals surface area contributed by atoms with E-state index in [0.717, 1.165) is 11.4 Å². The number of nitro benzene ring substituents is 1. The molecule has 8 nitrogen and oxygen atoms in total. The zero-order valence-corrected chi connectivity index (χ0v) is 16.6. The molecular weight excluding hydrogens is 404 g/mol. The Labute approximate surface area is 176 Å². The Balaban J connectivity index is 1.61. The summed E-state index contributed by atoms with van der Waals surface area (Å²) in [6.45, 7) is 0. The molecule has 1 saturated heterocycles. The fourth-order valence-electron chi connectivity index (χ4n) is 2.93. The van der Waals surface area contributed by atoms with Crippen LogP contribution in [0.5, 0.6) is 5.75 Å². The number of nitrogens with one attached hydrogen (secondary N) is 1. The van der Waals surface area contributed by atoms with Crippen LogP contribution >= 0.6 is 11.8 Å². The maximum absolute atomic E-state index is 12.4. The molecule has 2 heterocycles. The molecule has 9 heteroatoms. The van der Waals surface area contributed by atoms with Gasteiger partial charge in [0.1, 0.15) is 11.4 Å². The Morgan fingerprint density at radius 3 is 2.63 bits per heavy atom. The highest BCUT2D eigenvalue weighted by molar-refractivity contribution is 8.18. The first-order valence-electron chi connectivity index (χ1n) is 8.90. The second-order valence-corrected chi connectivity index (χ2v) is 7.26. The van der Waals surface area contributed by atoms with Gasteiger partial charge in [0.25, 0.3) is 11.6 Å². The number of aliphatic imine (C=N–C) groups is 1. The number of rotatable bonds is 5. The van der Waals surface area contributed by atoms with E-state index >= 15 is 0 Å². The molecule has 0 unspecified atom stereocenters. The fraction of sp³-hybridized carbons (Fsp3) is 0.0476. The molecule has 1 N–H and O–H groups in total. The molecule has 0 spiro atoms. The van der Waals surface area contributed by atoms with Crippen LogP contribution in [-0.4, -0.2) is 27.7 Å². The third kappa shape index (κ3) is 3.96. The Hall–Kier alpha value is -3.85. The maximum Gasteiger partial charge on any atom is 0.269 e. The summed E-state index contributed by atoms with van der Waals surface area (Å²) in [5.41, 5.74) is 2.16. The summed E-state index contributed by atoms with van der Waals surface area (Å²) in [4.78, 5) is 27.8. The second kappa shape index (κ2) is 8.26. The van der Waals surface area contributed by atoms with Gasteiger partial charge in [-0.1, -0.05) is 12.1 Å². The number of amides is 1. The van der Waals surface area contributed by atoms with Crippen LogP contribution in [0.1, 0.15) is 5.69 Å². The van der Waals surface area contributed by atoms with Crippen LogP contribution in [-0.2, 0) is 4.79 Å². The molecule has 1 aliphatic rings. The SMILES string of the molecule is COc1ccccc1N=C1NC(=O)/C(=C/c2cccn2-c2ccc([N+](=O)[O-])cc2)S1. The van der Waals surface area contributed by atoms with Crippen LogP contribution in [0, 0.1) is 10.1 Å². The number of nitrogens with zero attached hydrogens (tertiary/aromatic N) is 3. The molecule has 4 rings (SSSR count). The van der Waals surface area contributed by atoms with Crippen molar-refractivity contribution in [3.63, 3.8) is 0 Å². The summed E-state index contributed by atoms with van der Waals surface area (Å²) < 4.78 is 7.14. The van der Waals surface area contributed by atoms with Crippen molar-refractivity contribution >= 4 is 40.3 Å². The normalized spacial score (nSPS) is 16.1. The van der Waals surface area contributed by atoms with Crippen LogP contribution < -0.4 is 10.1 Å². The summed E-state index contributed by atoms with van der Waals surface area (Å²) in [6, 6.07) is 17.2. The Morgan fingerprint density at radius 1 is 1.13 bits per heavy atom. The lowest BCUT2D eigenvalue weighted by Crippen LogP contribution is -2.19. The number of ether oxygens (including phenoxy) is 1. The van der Waals surface area contributed by atoms with Crippen molar-refractivity contribution in [2.75, 3.05) is 7.11 Å². The summed E-state index contributed by atoms with van der Waals surface area (Å²) >= 11 is 1.23. The lowest BCUT2D eigenvalue weighted by molar-refractivity contribution is -0.384. The highest BCUT2D eigenvalue weighted by atomic mass is 32.2. The number of nitro groups is 1. The first-order valence-corrected chi connectivity index (χ1v) is 9.71. The molecule has 1 amide bonds. The second-order valence-electron chi connectivity index (χ2n) is 6.23. The number of benzene rings is 2. The van der Waals surface area contributed by atoms with Crippen molar-refractivity contribution in [3.05, 3.63) is 87.6 Å². The zero-order chi connectivity index (χ0) is 21.1. The number of methoxy groups -OCH3 is 1. The predicted molar refractivity (Wildman–Crippen MR) is 116 cm³/mol. The minimum absolute atomic E-state index is 0.0220. The van der Waals surface area contributed by atoms with Crippen molar-refractivity contribution in [3.8, 4) is 11.4 Å². The average molecular weight is 420 g/mol. The van der Waals surface area contributed by atoms with Gasteiger partial charge in [0.2, 0.25) is 0 Å². The number of carbonyl (C=O) groups excluding carboxylic acids is 1. The van der Waals surface area contributed by atoms with E-state index in [1.165, 1.54) is 23.9 Å². The Morgan fingerprint density at radius 2 is 1.90 bits per heavy atom. The van der Waals surface area contributed by atoms with Crippen LogP contribution in [0.3, 0.4) is 0 Å². The van der Waals surface area contributed by atoms with E-state index < -0.39 is 4.92 Å². The monoisotopic (exact) mass is 420 g/mol. The van der Waals surface area contributed by atoms with Gasteiger partial charge in [0.05, 0.1) is 16.9 Å². The Kier molecular flexibility index (Phi) is 5.36. The summed E-state index contributed by atoms with van der Waals surface area (Å²) in [6.07, 6.45) is 3.58. The molecule has 150 valence electrons. The van der Waals surface area contributed by atoms with E-state index in [2.05, 4.69) is 10.3 Å². The third-order valence-electron chi connectivity index (χ3n) is 4.36. The lowest BCUT2D eigenvalue weighted by atomic mass is 10.2. The van der Waals surface area contributed by atoms with E-state index in [1.54, 1.807) is 37.5 Å². The molecule has 0 aliphatic carbocycles. The molecule has 30 heavy (non-hydrogen) atoms. The third-order valence-corrected chi connectivity index (χ3v) is 5.27. The van der Waals surface area contributed by atoms with Crippen molar-refractivity contribution < 1.29 is 14.5 Å². The number of thioether (sulfide) groups is 1. The lowest BCUT2D eigenvalue weighted by Gasteiger charge is -2.06. The highest BCUT2D eigenvalue weighted by Crippen LogP contribution is 2.32. The Bertz CT molecular complexity index is 1180. The number of non-ortho nitro benzene ring substituents is 1. The number of hydrogen-bond donors (Lipinski definition) is 1. The van der Waals surface area contributed by atoms with Crippen molar-refractivity contribution in [1.82, 2.24) is 9.88 Å². The highest BCUT2D eigenvalue weighted by Gasteiger charge is 2.24. The number of aromatic nitrogens is 1. The molecule has 0 atom stereocenters. The van der Waals surface area contributed by atoms with Crippen LogP contribution in [0.15, 0.2) is 76.8 Å². The molecular formula is C21H16N4O4S. The average Bonchev–Trinajstić information content (AvgIpc) is 3.35. The first kappa shape index (κ1) is 19.5. The molecule has 3 aromatic rings. The summed E-state index contributed by atoms with van der Waals surface area (Å²) in [5, 5.41) is 14.1. The molecule has 1 aliphatic heterocycles. The molecule has 0 bridgehead atoms. The van der Waals surface area contributed by atoms with Crippen LogP contribution in [0.25, 0.3) is 11.8 Å². The number of carbonyl (C=O) groups is 1. The van der Waals surface area contributed by atoms with Gasteiger partial charge < -0.3 is 14.6 Å².